The molecule has 0 fully saturated rings. The number of carbonyl (C=O) groups excluding carboxylic acids is 1. The molecule has 0 aromatic heterocycles. The molecule has 0 radical (unpaired) electrons. The molecule has 1 rings (SSSR count). The van der Waals surface area contributed by atoms with Crippen LogP contribution in [0.1, 0.15) is 5.56 Å². The molecule has 106 valence electrons. The molecule has 1 aromatic rings. The molecule has 0 amide bonds. The van der Waals surface area contributed by atoms with Crippen LogP contribution in [-0.2, 0) is 19.6 Å². The second kappa shape index (κ2) is 5.77. The summed E-state index contributed by atoms with van der Waals surface area (Å²) in [6.45, 7) is 1.32. The molecule has 1 aromatic carbocycles. The van der Waals surface area contributed by atoms with Gasteiger partial charge in [0.05, 0.1) is 12.1 Å². The summed E-state index contributed by atoms with van der Waals surface area (Å²) in [5, 5.41) is 0.0587. The number of nitrogen functional groups attached to an aromatic ring is 1. The fourth-order valence-electron chi connectivity index (χ4n) is 1.37. The van der Waals surface area contributed by atoms with Crippen LogP contribution in [-0.4, -0.2) is 39.4 Å². The Morgan fingerprint density at radius 3 is 2.58 bits per heavy atom. The predicted molar refractivity (Wildman–Crippen MR) is 72.4 cm³/mol. The molecule has 0 atom stereocenters. The van der Waals surface area contributed by atoms with Crippen LogP contribution in [0.15, 0.2) is 17.0 Å². The Morgan fingerprint density at radius 1 is 1.47 bits per heavy atom. The summed E-state index contributed by atoms with van der Waals surface area (Å²) in [4.78, 5) is 11.0. The van der Waals surface area contributed by atoms with Crippen molar-refractivity contribution in [2.45, 2.75) is 11.8 Å². The third-order valence-electron chi connectivity index (χ3n) is 2.59. The molecule has 0 saturated carbocycles. The van der Waals surface area contributed by atoms with E-state index in [1.165, 1.54) is 26.3 Å². The minimum Gasteiger partial charge on any atom is -0.468 e. The SMILES string of the molecule is COC(=O)CN(C)S(=O)(=O)c1cc(N)c(C)cc1Cl. The van der Waals surface area contributed by atoms with E-state index in [1.54, 1.807) is 6.92 Å². The smallest absolute Gasteiger partial charge is 0.321 e. The number of halogens is 1. The van der Waals surface area contributed by atoms with Gasteiger partial charge in [-0.2, -0.15) is 4.31 Å². The molecule has 0 aliphatic heterocycles. The van der Waals surface area contributed by atoms with Gasteiger partial charge < -0.3 is 10.5 Å². The van der Waals surface area contributed by atoms with E-state index in [1.807, 2.05) is 0 Å². The molecular weight excluding hydrogens is 292 g/mol. The summed E-state index contributed by atoms with van der Waals surface area (Å²) >= 11 is 5.92. The molecular formula is C11H15ClN2O4S. The normalized spacial score (nSPS) is 11.6. The highest BCUT2D eigenvalue weighted by Gasteiger charge is 2.26. The van der Waals surface area contributed by atoms with Gasteiger partial charge in [-0.05, 0) is 24.6 Å². The van der Waals surface area contributed by atoms with Gasteiger partial charge in [0.25, 0.3) is 0 Å². The minimum absolute atomic E-state index is 0.0587. The zero-order valence-corrected chi connectivity index (χ0v) is 12.4. The van der Waals surface area contributed by atoms with Crippen molar-refractivity contribution in [3.8, 4) is 0 Å². The average Bonchev–Trinajstić information content (AvgIpc) is 2.33. The third kappa shape index (κ3) is 3.37. The maximum absolute atomic E-state index is 12.2. The number of likely N-dealkylation sites (N-methyl/N-ethyl adjacent to an activating group) is 1. The lowest BCUT2D eigenvalue weighted by Gasteiger charge is -2.17. The fourth-order valence-corrected chi connectivity index (χ4v) is 3.07. The number of rotatable bonds is 4. The molecule has 19 heavy (non-hydrogen) atoms. The first-order valence-corrected chi connectivity index (χ1v) is 7.10. The van der Waals surface area contributed by atoms with Gasteiger partial charge in [0.15, 0.2) is 0 Å². The van der Waals surface area contributed by atoms with E-state index < -0.39 is 22.5 Å². The topological polar surface area (TPSA) is 89.7 Å². The van der Waals surface area contributed by atoms with Crippen molar-refractivity contribution in [3.05, 3.63) is 22.7 Å². The zero-order chi connectivity index (χ0) is 14.8. The second-order valence-electron chi connectivity index (χ2n) is 3.98. The van der Waals surface area contributed by atoms with Gasteiger partial charge in [0.1, 0.15) is 11.4 Å². The predicted octanol–water partition coefficient (Wildman–Crippen LogP) is 1.02. The second-order valence-corrected chi connectivity index (χ2v) is 6.40. The van der Waals surface area contributed by atoms with E-state index in [0.717, 1.165) is 4.31 Å². The van der Waals surface area contributed by atoms with Crippen molar-refractivity contribution >= 4 is 33.3 Å². The van der Waals surface area contributed by atoms with Crippen LogP contribution in [0.3, 0.4) is 0 Å². The van der Waals surface area contributed by atoms with Crippen LogP contribution in [0.2, 0.25) is 5.02 Å². The van der Waals surface area contributed by atoms with Gasteiger partial charge in [-0.1, -0.05) is 11.6 Å². The van der Waals surface area contributed by atoms with Crippen LogP contribution in [0, 0.1) is 6.92 Å². The van der Waals surface area contributed by atoms with E-state index in [0.29, 0.717) is 11.3 Å². The van der Waals surface area contributed by atoms with Crippen LogP contribution in [0.5, 0.6) is 0 Å². The number of benzene rings is 1. The molecule has 0 unspecified atom stereocenters. The number of ether oxygens (including phenoxy) is 1. The van der Waals surface area contributed by atoms with E-state index in [4.69, 9.17) is 17.3 Å². The van der Waals surface area contributed by atoms with Crippen LogP contribution >= 0.6 is 11.6 Å². The third-order valence-corrected chi connectivity index (χ3v) is 4.86. The van der Waals surface area contributed by atoms with E-state index in [-0.39, 0.29) is 9.92 Å². The Hall–Kier alpha value is -1.31. The first kappa shape index (κ1) is 15.7. The maximum Gasteiger partial charge on any atom is 0.321 e. The number of nitrogens with two attached hydrogens (primary N) is 1. The number of hydrogen-bond acceptors (Lipinski definition) is 5. The number of esters is 1. The van der Waals surface area contributed by atoms with Gasteiger partial charge in [-0.25, -0.2) is 8.42 Å². The number of carbonyl (C=O) groups is 1. The van der Waals surface area contributed by atoms with Crippen molar-refractivity contribution < 1.29 is 17.9 Å². The number of aryl methyl sites for hydroxylation is 1. The molecule has 0 aliphatic rings. The lowest BCUT2D eigenvalue weighted by atomic mass is 10.2. The Morgan fingerprint density at radius 2 is 2.05 bits per heavy atom. The number of hydrogen-bond donors (Lipinski definition) is 1. The van der Waals surface area contributed by atoms with Crippen LogP contribution in [0.25, 0.3) is 0 Å². The van der Waals surface area contributed by atoms with Crippen LogP contribution in [0.4, 0.5) is 5.69 Å². The van der Waals surface area contributed by atoms with Gasteiger partial charge in [-0.3, -0.25) is 4.79 Å². The zero-order valence-electron chi connectivity index (χ0n) is 10.8. The summed E-state index contributed by atoms with van der Waals surface area (Å²) in [5.74, 6) is -0.665. The minimum atomic E-state index is -3.89. The standard InChI is InChI=1S/C11H15ClN2O4S/c1-7-4-8(12)10(5-9(7)13)19(16,17)14(2)6-11(15)18-3/h4-5H,6,13H2,1-3H3. The molecule has 8 heteroatoms. The Kier molecular flexibility index (Phi) is 4.78. The van der Waals surface area contributed by atoms with Gasteiger partial charge in [0, 0.05) is 12.7 Å². The number of sulfonamides is 1. The van der Waals surface area contributed by atoms with E-state index >= 15 is 0 Å². The number of methoxy groups -OCH3 is 1. The highest BCUT2D eigenvalue weighted by atomic mass is 35.5. The molecule has 0 heterocycles. The average molecular weight is 307 g/mol. The maximum atomic E-state index is 12.2. The van der Waals surface area contributed by atoms with Gasteiger partial charge in [-0.15, -0.1) is 0 Å². The first-order valence-electron chi connectivity index (χ1n) is 5.29. The van der Waals surface area contributed by atoms with Crippen LogP contribution < -0.4 is 5.73 Å². The summed E-state index contributed by atoms with van der Waals surface area (Å²) in [6.07, 6.45) is 0. The van der Waals surface area contributed by atoms with Crippen molar-refractivity contribution in [1.29, 1.82) is 0 Å². The monoisotopic (exact) mass is 306 g/mol. The Balaban J connectivity index is 3.20. The van der Waals surface area contributed by atoms with Crippen molar-refractivity contribution in [2.24, 2.45) is 0 Å². The molecule has 0 bridgehead atoms. The lowest BCUT2D eigenvalue weighted by Crippen LogP contribution is -2.33. The van der Waals surface area contributed by atoms with Crippen molar-refractivity contribution in [3.63, 3.8) is 0 Å². The van der Waals surface area contributed by atoms with Crippen molar-refractivity contribution in [1.82, 2.24) is 4.31 Å². The lowest BCUT2D eigenvalue weighted by molar-refractivity contribution is -0.140. The van der Waals surface area contributed by atoms with E-state index in [2.05, 4.69) is 4.74 Å². The summed E-state index contributed by atoms with van der Waals surface area (Å²) < 4.78 is 29.8. The summed E-state index contributed by atoms with van der Waals surface area (Å²) in [7, 11) is -1.45. The molecule has 6 nitrogen and oxygen atoms in total. The largest absolute Gasteiger partial charge is 0.468 e. The fraction of sp³-hybridized carbons (Fsp3) is 0.364. The first-order chi connectivity index (χ1) is 8.70. The molecule has 2 N–H and O–H groups in total. The van der Waals surface area contributed by atoms with E-state index in [9.17, 15) is 13.2 Å². The number of anilines is 1. The van der Waals surface area contributed by atoms with Crippen molar-refractivity contribution in [2.75, 3.05) is 26.4 Å². The van der Waals surface area contributed by atoms with Gasteiger partial charge >= 0.3 is 5.97 Å². The van der Waals surface area contributed by atoms with Gasteiger partial charge in [0.2, 0.25) is 10.0 Å². The Labute approximate surface area is 117 Å². The number of nitrogens with zero attached hydrogens (tertiary/aromatic N) is 1. The molecule has 0 aliphatic carbocycles. The molecule has 0 spiro atoms. The molecule has 0 saturated heterocycles. The Bertz CT molecular complexity index is 601. The summed E-state index contributed by atoms with van der Waals surface area (Å²) in [6, 6.07) is 2.75. The summed E-state index contributed by atoms with van der Waals surface area (Å²) in [5.41, 5.74) is 6.68. The highest BCUT2D eigenvalue weighted by molar-refractivity contribution is 7.89. The highest BCUT2D eigenvalue weighted by Crippen LogP contribution is 2.28. The quantitative estimate of drug-likeness (QED) is 0.662.